The SMILES string of the molecule is CN1CCN(CCCCNC(=O)Cc2ccco2)CC1. The van der Waals surface area contributed by atoms with Crippen LogP contribution in [0.3, 0.4) is 0 Å². The third kappa shape index (κ3) is 5.35. The van der Waals surface area contributed by atoms with Crippen molar-refractivity contribution in [1.29, 1.82) is 0 Å². The molecule has 1 fully saturated rings. The summed E-state index contributed by atoms with van der Waals surface area (Å²) in [7, 11) is 2.17. The Morgan fingerprint density at radius 1 is 1.30 bits per heavy atom. The van der Waals surface area contributed by atoms with E-state index in [1.807, 2.05) is 6.07 Å². The fraction of sp³-hybridized carbons (Fsp3) is 0.667. The molecule has 2 rings (SSSR count). The van der Waals surface area contributed by atoms with Gasteiger partial charge in [-0.25, -0.2) is 0 Å². The highest BCUT2D eigenvalue weighted by Crippen LogP contribution is 2.02. The van der Waals surface area contributed by atoms with E-state index >= 15 is 0 Å². The van der Waals surface area contributed by atoms with E-state index in [1.165, 1.54) is 26.2 Å². The van der Waals surface area contributed by atoms with Crippen molar-refractivity contribution in [1.82, 2.24) is 15.1 Å². The van der Waals surface area contributed by atoms with Crippen molar-refractivity contribution < 1.29 is 9.21 Å². The van der Waals surface area contributed by atoms with Gasteiger partial charge in [-0.1, -0.05) is 0 Å². The van der Waals surface area contributed by atoms with E-state index in [9.17, 15) is 4.79 Å². The van der Waals surface area contributed by atoms with Gasteiger partial charge in [0.05, 0.1) is 12.7 Å². The maximum Gasteiger partial charge on any atom is 0.227 e. The number of likely N-dealkylation sites (N-methyl/N-ethyl adjacent to an activating group) is 1. The van der Waals surface area contributed by atoms with E-state index in [1.54, 1.807) is 12.3 Å². The molecule has 1 amide bonds. The average Bonchev–Trinajstić information content (AvgIpc) is 2.93. The molecule has 0 radical (unpaired) electrons. The van der Waals surface area contributed by atoms with Crippen LogP contribution in [0.5, 0.6) is 0 Å². The summed E-state index contributed by atoms with van der Waals surface area (Å²) in [5.41, 5.74) is 0. The molecule has 1 aliphatic rings. The maximum atomic E-state index is 11.6. The Morgan fingerprint density at radius 3 is 2.80 bits per heavy atom. The van der Waals surface area contributed by atoms with Crippen molar-refractivity contribution in [3.05, 3.63) is 24.2 Å². The first kappa shape index (κ1) is 15.1. The fourth-order valence-corrected chi connectivity index (χ4v) is 2.39. The molecule has 0 unspecified atom stereocenters. The number of carbonyl (C=O) groups is 1. The summed E-state index contributed by atoms with van der Waals surface area (Å²) >= 11 is 0. The number of rotatable bonds is 7. The lowest BCUT2D eigenvalue weighted by molar-refractivity contribution is -0.120. The molecule has 2 heterocycles. The Bertz CT molecular complexity index is 384. The van der Waals surface area contributed by atoms with Crippen LogP contribution in [0.4, 0.5) is 0 Å². The summed E-state index contributed by atoms with van der Waals surface area (Å²) in [5, 5.41) is 2.94. The highest BCUT2D eigenvalue weighted by Gasteiger charge is 2.12. The van der Waals surface area contributed by atoms with Gasteiger partial charge in [-0.3, -0.25) is 4.79 Å². The van der Waals surface area contributed by atoms with Gasteiger partial charge < -0.3 is 19.5 Å². The zero-order valence-corrected chi connectivity index (χ0v) is 12.3. The van der Waals surface area contributed by atoms with Gasteiger partial charge in [-0.2, -0.15) is 0 Å². The second-order valence-electron chi connectivity index (χ2n) is 5.46. The first-order chi connectivity index (χ1) is 9.74. The highest BCUT2D eigenvalue weighted by atomic mass is 16.3. The predicted octanol–water partition coefficient (Wildman–Crippen LogP) is 0.966. The van der Waals surface area contributed by atoms with Crippen LogP contribution in [0.15, 0.2) is 22.8 Å². The predicted molar refractivity (Wildman–Crippen MR) is 78.6 cm³/mol. The van der Waals surface area contributed by atoms with Crippen LogP contribution in [-0.4, -0.2) is 62.0 Å². The summed E-state index contributed by atoms with van der Waals surface area (Å²) in [6.45, 7) is 6.57. The van der Waals surface area contributed by atoms with E-state index in [0.29, 0.717) is 6.42 Å². The molecule has 5 nitrogen and oxygen atoms in total. The van der Waals surface area contributed by atoms with Gasteiger partial charge in [0.25, 0.3) is 0 Å². The third-order valence-electron chi connectivity index (χ3n) is 3.73. The number of piperazine rings is 1. The summed E-state index contributed by atoms with van der Waals surface area (Å²) < 4.78 is 5.15. The number of hydrogen-bond acceptors (Lipinski definition) is 4. The molecule has 1 saturated heterocycles. The van der Waals surface area contributed by atoms with Crippen molar-refractivity contribution >= 4 is 5.91 Å². The molecule has 112 valence electrons. The number of nitrogens with one attached hydrogen (secondary N) is 1. The molecule has 1 aliphatic heterocycles. The minimum atomic E-state index is 0.0412. The number of furan rings is 1. The molecule has 0 aliphatic carbocycles. The van der Waals surface area contributed by atoms with Crippen LogP contribution in [0.2, 0.25) is 0 Å². The van der Waals surface area contributed by atoms with Gasteiger partial charge in [-0.15, -0.1) is 0 Å². The van der Waals surface area contributed by atoms with Crippen molar-refractivity contribution in [3.63, 3.8) is 0 Å². The van der Waals surface area contributed by atoms with E-state index in [0.717, 1.165) is 31.7 Å². The minimum Gasteiger partial charge on any atom is -0.469 e. The van der Waals surface area contributed by atoms with Gasteiger partial charge in [0.2, 0.25) is 5.91 Å². The largest absolute Gasteiger partial charge is 0.469 e. The molecule has 1 aromatic heterocycles. The van der Waals surface area contributed by atoms with Crippen LogP contribution in [0, 0.1) is 0 Å². The van der Waals surface area contributed by atoms with E-state index in [4.69, 9.17) is 4.42 Å². The number of carbonyl (C=O) groups excluding carboxylic acids is 1. The monoisotopic (exact) mass is 279 g/mol. The van der Waals surface area contributed by atoms with Crippen molar-refractivity contribution in [3.8, 4) is 0 Å². The lowest BCUT2D eigenvalue weighted by Crippen LogP contribution is -2.44. The van der Waals surface area contributed by atoms with E-state index < -0.39 is 0 Å². The fourth-order valence-electron chi connectivity index (χ4n) is 2.39. The molecule has 5 heteroatoms. The summed E-state index contributed by atoms with van der Waals surface area (Å²) in [5.74, 6) is 0.763. The van der Waals surface area contributed by atoms with Gasteiger partial charge in [0, 0.05) is 32.7 Å². The first-order valence-electron chi connectivity index (χ1n) is 7.44. The topological polar surface area (TPSA) is 48.7 Å². The standard InChI is InChI=1S/C15H25N3O2/c1-17-8-10-18(11-9-17)7-3-2-6-16-15(19)13-14-5-4-12-20-14/h4-5,12H,2-3,6-11,13H2,1H3,(H,16,19). The van der Waals surface area contributed by atoms with Crippen molar-refractivity contribution in [2.75, 3.05) is 46.3 Å². The van der Waals surface area contributed by atoms with Gasteiger partial charge in [0.15, 0.2) is 0 Å². The summed E-state index contributed by atoms with van der Waals surface area (Å²) in [6.07, 6.45) is 4.12. The van der Waals surface area contributed by atoms with Crippen LogP contribution < -0.4 is 5.32 Å². The lowest BCUT2D eigenvalue weighted by atomic mass is 10.2. The van der Waals surface area contributed by atoms with Crippen LogP contribution >= 0.6 is 0 Å². The Labute approximate surface area is 120 Å². The van der Waals surface area contributed by atoms with Crippen molar-refractivity contribution in [2.45, 2.75) is 19.3 Å². The molecule has 1 aromatic rings. The average molecular weight is 279 g/mol. The van der Waals surface area contributed by atoms with Gasteiger partial charge >= 0.3 is 0 Å². The molecule has 0 saturated carbocycles. The quantitative estimate of drug-likeness (QED) is 0.756. The van der Waals surface area contributed by atoms with Gasteiger partial charge in [-0.05, 0) is 38.6 Å². The Kier molecular flexibility index (Phi) is 6.08. The summed E-state index contributed by atoms with van der Waals surface area (Å²) in [4.78, 5) is 16.5. The summed E-state index contributed by atoms with van der Waals surface area (Å²) in [6, 6.07) is 3.63. The number of hydrogen-bond donors (Lipinski definition) is 1. The zero-order chi connectivity index (χ0) is 14.2. The van der Waals surface area contributed by atoms with E-state index in [2.05, 4.69) is 22.2 Å². The van der Waals surface area contributed by atoms with E-state index in [-0.39, 0.29) is 5.91 Å². The Hall–Kier alpha value is -1.33. The smallest absolute Gasteiger partial charge is 0.227 e. The molecule has 20 heavy (non-hydrogen) atoms. The maximum absolute atomic E-state index is 11.6. The molecular formula is C15H25N3O2. The second kappa shape index (κ2) is 8.07. The Morgan fingerprint density at radius 2 is 2.10 bits per heavy atom. The number of nitrogens with zero attached hydrogens (tertiary/aromatic N) is 2. The van der Waals surface area contributed by atoms with Crippen LogP contribution in [0.1, 0.15) is 18.6 Å². The third-order valence-corrected chi connectivity index (χ3v) is 3.73. The van der Waals surface area contributed by atoms with Crippen LogP contribution in [0.25, 0.3) is 0 Å². The minimum absolute atomic E-state index is 0.0412. The van der Waals surface area contributed by atoms with Gasteiger partial charge in [0.1, 0.15) is 5.76 Å². The molecule has 0 atom stereocenters. The lowest BCUT2D eigenvalue weighted by Gasteiger charge is -2.32. The number of amides is 1. The zero-order valence-electron chi connectivity index (χ0n) is 12.3. The molecule has 1 N–H and O–H groups in total. The molecule has 0 bridgehead atoms. The molecule has 0 spiro atoms. The molecule has 0 aromatic carbocycles. The van der Waals surface area contributed by atoms with Crippen LogP contribution in [-0.2, 0) is 11.2 Å². The number of unbranched alkanes of at least 4 members (excludes halogenated alkanes) is 1. The first-order valence-corrected chi connectivity index (χ1v) is 7.44. The highest BCUT2D eigenvalue weighted by molar-refractivity contribution is 5.77. The Balaban J connectivity index is 1.48. The molecular weight excluding hydrogens is 254 g/mol. The normalized spacial score (nSPS) is 17.2. The van der Waals surface area contributed by atoms with Crippen molar-refractivity contribution in [2.24, 2.45) is 0 Å². The second-order valence-corrected chi connectivity index (χ2v) is 5.46.